The highest BCUT2D eigenvalue weighted by Crippen LogP contribution is 2.15. The monoisotopic (exact) mass is 357 g/mol. The molecule has 7 heteroatoms. The van der Waals surface area contributed by atoms with E-state index < -0.39 is 11.7 Å². The largest absolute Gasteiger partial charge is 0.370 e. The molecule has 0 saturated carbocycles. The summed E-state index contributed by atoms with van der Waals surface area (Å²) in [7, 11) is 0. The first-order valence-electron chi connectivity index (χ1n) is 8.19. The second-order valence-electron chi connectivity index (χ2n) is 5.77. The van der Waals surface area contributed by atoms with Crippen LogP contribution in [0.25, 0.3) is 0 Å². The predicted octanol–water partition coefficient (Wildman–Crippen LogP) is 3.06. The summed E-state index contributed by atoms with van der Waals surface area (Å²) in [6, 6.07) is 12.0. The van der Waals surface area contributed by atoms with Gasteiger partial charge in [-0.3, -0.25) is 14.4 Å². The molecule has 0 saturated heterocycles. The number of rotatable bonds is 8. The normalized spacial score (nSPS) is 10.2. The Morgan fingerprint density at radius 1 is 0.885 bits per heavy atom. The summed E-state index contributed by atoms with van der Waals surface area (Å²) in [5.41, 5.74) is 6.21. The van der Waals surface area contributed by atoms with Crippen molar-refractivity contribution in [3.63, 3.8) is 0 Å². The lowest BCUT2D eigenvalue weighted by molar-refractivity contribution is -0.119. The van der Waals surface area contributed by atoms with Gasteiger partial charge in [-0.15, -0.1) is 0 Å². The fourth-order valence-electron chi connectivity index (χ4n) is 2.32. The Balaban J connectivity index is 1.91. The number of carbonyl (C=O) groups is 3. The minimum atomic E-state index is -0.444. The van der Waals surface area contributed by atoms with E-state index in [1.165, 1.54) is 24.3 Å². The van der Waals surface area contributed by atoms with E-state index in [0.717, 1.165) is 0 Å². The van der Waals surface area contributed by atoms with Crippen molar-refractivity contribution in [3.8, 4) is 0 Å². The van der Waals surface area contributed by atoms with Crippen molar-refractivity contribution in [1.29, 1.82) is 0 Å². The van der Waals surface area contributed by atoms with Crippen LogP contribution >= 0.6 is 0 Å². The maximum absolute atomic E-state index is 13.2. The molecule has 6 nitrogen and oxygen atoms in total. The lowest BCUT2D eigenvalue weighted by atomic mass is 10.1. The average molecular weight is 357 g/mol. The average Bonchev–Trinajstić information content (AvgIpc) is 2.59. The highest BCUT2D eigenvalue weighted by Gasteiger charge is 2.09. The topological polar surface area (TPSA) is 101 Å². The van der Waals surface area contributed by atoms with Gasteiger partial charge < -0.3 is 16.4 Å². The molecule has 0 aliphatic carbocycles. The molecule has 0 aromatic heterocycles. The second kappa shape index (κ2) is 9.31. The van der Waals surface area contributed by atoms with Gasteiger partial charge in [0.15, 0.2) is 0 Å². The van der Waals surface area contributed by atoms with Gasteiger partial charge in [0.25, 0.3) is 5.91 Å². The minimum absolute atomic E-state index is 0.211. The van der Waals surface area contributed by atoms with Gasteiger partial charge in [0.05, 0.1) is 0 Å². The number of hydrogen-bond acceptors (Lipinski definition) is 3. The van der Waals surface area contributed by atoms with Crippen LogP contribution in [0.15, 0.2) is 48.5 Å². The number of anilines is 2. The molecule has 4 N–H and O–H groups in total. The van der Waals surface area contributed by atoms with Crippen LogP contribution in [0.3, 0.4) is 0 Å². The van der Waals surface area contributed by atoms with Gasteiger partial charge in [-0.05, 0) is 49.2 Å². The van der Waals surface area contributed by atoms with E-state index in [1.807, 2.05) is 0 Å². The molecule has 2 rings (SSSR count). The van der Waals surface area contributed by atoms with E-state index in [9.17, 15) is 18.8 Å². The number of hydrogen-bond donors (Lipinski definition) is 3. The number of primary amides is 1. The molecule has 0 unspecified atom stereocenters. The zero-order valence-electron chi connectivity index (χ0n) is 14.1. The van der Waals surface area contributed by atoms with Crippen LogP contribution in [0.4, 0.5) is 15.8 Å². The molecule has 0 aliphatic rings. The van der Waals surface area contributed by atoms with Crippen LogP contribution in [0.5, 0.6) is 0 Å². The van der Waals surface area contributed by atoms with E-state index in [4.69, 9.17) is 5.73 Å². The first-order chi connectivity index (χ1) is 12.4. The molecule has 0 fully saturated rings. The quantitative estimate of drug-likeness (QED) is 0.633. The zero-order valence-corrected chi connectivity index (χ0v) is 14.1. The van der Waals surface area contributed by atoms with Gasteiger partial charge in [0.2, 0.25) is 11.8 Å². The molecule has 2 aromatic rings. The van der Waals surface area contributed by atoms with Crippen molar-refractivity contribution in [2.45, 2.75) is 25.7 Å². The maximum atomic E-state index is 13.2. The third-order valence-electron chi connectivity index (χ3n) is 3.57. The number of benzene rings is 2. The van der Waals surface area contributed by atoms with Gasteiger partial charge in [-0.25, -0.2) is 4.39 Å². The van der Waals surface area contributed by atoms with Crippen LogP contribution in [-0.2, 0) is 9.59 Å². The molecule has 0 spiro atoms. The maximum Gasteiger partial charge on any atom is 0.255 e. The SMILES string of the molecule is NC(=O)CCCCC(=O)Nc1cccc(C(=O)Nc2cccc(F)c2)c1. The third-order valence-corrected chi connectivity index (χ3v) is 3.57. The number of nitrogens with one attached hydrogen (secondary N) is 2. The molecule has 0 aliphatic heterocycles. The fraction of sp³-hybridized carbons (Fsp3) is 0.211. The summed E-state index contributed by atoms with van der Waals surface area (Å²) in [6.07, 6.45) is 1.61. The lowest BCUT2D eigenvalue weighted by Crippen LogP contribution is -2.15. The van der Waals surface area contributed by atoms with Crippen molar-refractivity contribution < 1.29 is 18.8 Å². The number of unbranched alkanes of at least 4 members (excludes halogenated alkanes) is 1. The first-order valence-corrected chi connectivity index (χ1v) is 8.19. The molecule has 2 aromatic carbocycles. The van der Waals surface area contributed by atoms with Gasteiger partial charge in [-0.2, -0.15) is 0 Å². The summed E-state index contributed by atoms with van der Waals surface area (Å²) in [4.78, 5) is 34.8. The van der Waals surface area contributed by atoms with E-state index in [-0.39, 0.29) is 24.7 Å². The molecule has 3 amide bonds. The number of nitrogens with two attached hydrogens (primary N) is 1. The van der Waals surface area contributed by atoms with Crippen LogP contribution in [0.2, 0.25) is 0 Å². The second-order valence-corrected chi connectivity index (χ2v) is 5.77. The predicted molar refractivity (Wildman–Crippen MR) is 97.1 cm³/mol. The highest BCUT2D eigenvalue weighted by molar-refractivity contribution is 6.05. The summed E-state index contributed by atoms with van der Waals surface area (Å²) in [5, 5.41) is 5.30. The number of halogens is 1. The van der Waals surface area contributed by atoms with E-state index in [0.29, 0.717) is 29.8 Å². The third kappa shape index (κ3) is 6.35. The zero-order chi connectivity index (χ0) is 18.9. The number of carbonyl (C=O) groups excluding carboxylic acids is 3. The summed E-state index contributed by atoms with van der Waals surface area (Å²) >= 11 is 0. The fourth-order valence-corrected chi connectivity index (χ4v) is 2.32. The molecule has 0 heterocycles. The first kappa shape index (κ1) is 19.1. The Morgan fingerprint density at radius 3 is 2.23 bits per heavy atom. The van der Waals surface area contributed by atoms with Crippen LogP contribution in [0, 0.1) is 5.82 Å². The molecule has 0 radical (unpaired) electrons. The number of amides is 3. The van der Waals surface area contributed by atoms with Crippen molar-refractivity contribution in [2.24, 2.45) is 5.73 Å². The minimum Gasteiger partial charge on any atom is -0.370 e. The van der Waals surface area contributed by atoms with Gasteiger partial charge in [0.1, 0.15) is 5.82 Å². The molecule has 136 valence electrons. The summed E-state index contributed by atoms with van der Waals surface area (Å²) in [5.74, 6) is -1.45. The Bertz CT molecular complexity index is 808. The van der Waals surface area contributed by atoms with Gasteiger partial charge in [-0.1, -0.05) is 12.1 Å². The molecule has 0 bridgehead atoms. The van der Waals surface area contributed by atoms with E-state index in [1.54, 1.807) is 24.3 Å². The Kier molecular flexibility index (Phi) is 6.84. The van der Waals surface area contributed by atoms with E-state index >= 15 is 0 Å². The standard InChI is InChI=1S/C19H20FN3O3/c20-14-6-4-8-16(12-14)23-19(26)13-5-3-7-15(11-13)22-18(25)10-2-1-9-17(21)24/h3-8,11-12H,1-2,9-10H2,(H2,21,24)(H,22,25)(H,23,26). The van der Waals surface area contributed by atoms with E-state index in [2.05, 4.69) is 10.6 Å². The Morgan fingerprint density at radius 2 is 1.54 bits per heavy atom. The molecule has 0 atom stereocenters. The molecule has 26 heavy (non-hydrogen) atoms. The van der Waals surface area contributed by atoms with Crippen LogP contribution in [-0.4, -0.2) is 17.7 Å². The van der Waals surface area contributed by atoms with Gasteiger partial charge in [0, 0.05) is 29.8 Å². The molecular formula is C19H20FN3O3. The molecular weight excluding hydrogens is 337 g/mol. The van der Waals surface area contributed by atoms with Crippen molar-refractivity contribution in [3.05, 3.63) is 59.9 Å². The Labute approximate surface area is 150 Å². The lowest BCUT2D eigenvalue weighted by Gasteiger charge is -2.08. The van der Waals surface area contributed by atoms with Crippen molar-refractivity contribution >= 4 is 29.1 Å². The highest BCUT2D eigenvalue weighted by atomic mass is 19.1. The van der Waals surface area contributed by atoms with Crippen molar-refractivity contribution in [2.75, 3.05) is 10.6 Å². The van der Waals surface area contributed by atoms with Crippen LogP contribution < -0.4 is 16.4 Å². The van der Waals surface area contributed by atoms with Crippen molar-refractivity contribution in [1.82, 2.24) is 0 Å². The van der Waals surface area contributed by atoms with Gasteiger partial charge >= 0.3 is 0 Å². The summed E-state index contributed by atoms with van der Waals surface area (Å²) in [6.45, 7) is 0. The smallest absolute Gasteiger partial charge is 0.255 e. The summed E-state index contributed by atoms with van der Waals surface area (Å²) < 4.78 is 13.2. The Hall–Kier alpha value is -3.22. The van der Waals surface area contributed by atoms with Crippen LogP contribution in [0.1, 0.15) is 36.0 Å².